The van der Waals surface area contributed by atoms with Gasteiger partial charge in [-0.3, -0.25) is 9.79 Å². The van der Waals surface area contributed by atoms with Gasteiger partial charge in [-0.25, -0.2) is 4.98 Å². The molecule has 1 aromatic heterocycles. The smallest absolute Gasteiger partial charge is 0.228 e. The van der Waals surface area contributed by atoms with Gasteiger partial charge in [-0.2, -0.15) is 0 Å². The van der Waals surface area contributed by atoms with Gasteiger partial charge in [0.05, 0.1) is 5.70 Å². The largest absolute Gasteiger partial charge is 0.310 e. The summed E-state index contributed by atoms with van der Waals surface area (Å²) in [6, 6.07) is 7.98. The van der Waals surface area contributed by atoms with Crippen molar-refractivity contribution in [3.63, 3.8) is 0 Å². The molecule has 0 spiro atoms. The first kappa shape index (κ1) is 19.0. The van der Waals surface area contributed by atoms with Gasteiger partial charge in [-0.15, -0.1) is 0 Å². The molecule has 5 nitrogen and oxygen atoms in total. The molecule has 1 N–H and O–H groups in total. The maximum absolute atomic E-state index is 12.5. The number of carbonyl (C=O) groups excluding carboxylic acids is 1. The minimum atomic E-state index is 0.0605. The third-order valence-corrected chi connectivity index (χ3v) is 4.98. The second kappa shape index (κ2) is 8.73. The highest BCUT2D eigenvalue weighted by atomic mass is 16.1. The highest BCUT2D eigenvalue weighted by Gasteiger charge is 2.23. The maximum Gasteiger partial charge on any atom is 0.228 e. The van der Waals surface area contributed by atoms with Gasteiger partial charge in [0.15, 0.2) is 0 Å². The predicted octanol–water partition coefficient (Wildman–Crippen LogP) is 4.13. The minimum absolute atomic E-state index is 0.0605. The Morgan fingerprint density at radius 3 is 2.78 bits per heavy atom. The molecule has 1 amide bonds. The third-order valence-electron chi connectivity index (χ3n) is 4.98. The number of nitrogens with one attached hydrogen (secondary N) is 1. The molecular formula is C22H26N4O. The SMILES string of the molecule is C=N/C(=C\C=C/C)c1ccc2cnc(NC(=O)C3CCN(C)CC3)cc2c1. The van der Waals surface area contributed by atoms with Crippen LogP contribution in [0, 0.1) is 5.92 Å². The van der Waals surface area contributed by atoms with Crippen molar-refractivity contribution in [3.05, 3.63) is 54.3 Å². The van der Waals surface area contributed by atoms with Crippen LogP contribution in [0.15, 0.2) is 53.7 Å². The molecule has 27 heavy (non-hydrogen) atoms. The topological polar surface area (TPSA) is 57.6 Å². The van der Waals surface area contributed by atoms with Crippen molar-refractivity contribution >= 4 is 34.9 Å². The Labute approximate surface area is 160 Å². The average Bonchev–Trinajstić information content (AvgIpc) is 2.68. The second-order valence-corrected chi connectivity index (χ2v) is 6.93. The number of anilines is 1. The van der Waals surface area contributed by atoms with E-state index in [2.05, 4.69) is 34.0 Å². The standard InChI is InChI=1S/C22H26N4O/c1-4-5-6-20(23-2)17-7-8-18-15-24-21(14-19(18)13-17)25-22(27)16-9-11-26(3)12-10-16/h4-8,13-16H,2,9-12H2,1,3H3,(H,24,25,27)/b5-4-,20-6-. The number of piperidine rings is 1. The van der Waals surface area contributed by atoms with Crippen LogP contribution in [0.1, 0.15) is 25.3 Å². The lowest BCUT2D eigenvalue weighted by molar-refractivity contribution is -0.121. The lowest BCUT2D eigenvalue weighted by Gasteiger charge is -2.27. The molecule has 1 aliphatic rings. The van der Waals surface area contributed by atoms with Gasteiger partial charge >= 0.3 is 0 Å². The molecule has 1 aromatic carbocycles. The number of aromatic nitrogens is 1. The number of fused-ring (bicyclic) bond motifs is 1. The Kier molecular flexibility index (Phi) is 6.14. The van der Waals surface area contributed by atoms with Crippen molar-refractivity contribution in [2.45, 2.75) is 19.8 Å². The van der Waals surface area contributed by atoms with E-state index < -0.39 is 0 Å². The van der Waals surface area contributed by atoms with E-state index in [1.54, 1.807) is 6.20 Å². The van der Waals surface area contributed by atoms with Crippen LogP contribution in [-0.4, -0.2) is 42.6 Å². The molecule has 0 atom stereocenters. The summed E-state index contributed by atoms with van der Waals surface area (Å²) >= 11 is 0. The number of carbonyl (C=O) groups is 1. The normalized spacial score (nSPS) is 16.7. The zero-order valence-corrected chi connectivity index (χ0v) is 16.0. The number of pyridine rings is 1. The molecule has 0 unspecified atom stereocenters. The quantitative estimate of drug-likeness (QED) is 0.643. The molecule has 1 fully saturated rings. The number of allylic oxidation sites excluding steroid dienone is 3. The number of hydrogen-bond donors (Lipinski definition) is 1. The summed E-state index contributed by atoms with van der Waals surface area (Å²) in [7, 11) is 2.09. The summed E-state index contributed by atoms with van der Waals surface area (Å²) in [5.74, 6) is 0.715. The van der Waals surface area contributed by atoms with Crippen LogP contribution in [0.25, 0.3) is 16.5 Å². The molecule has 140 valence electrons. The summed E-state index contributed by atoms with van der Waals surface area (Å²) in [6.07, 6.45) is 9.40. The fourth-order valence-electron chi connectivity index (χ4n) is 3.30. The molecule has 0 saturated carbocycles. The molecule has 1 saturated heterocycles. The first-order valence-corrected chi connectivity index (χ1v) is 9.30. The molecular weight excluding hydrogens is 336 g/mol. The number of likely N-dealkylation sites (tertiary alicyclic amines) is 1. The lowest BCUT2D eigenvalue weighted by Crippen LogP contribution is -2.36. The van der Waals surface area contributed by atoms with Crippen LogP contribution in [0.3, 0.4) is 0 Å². The molecule has 0 aliphatic carbocycles. The Balaban J connectivity index is 1.81. The van der Waals surface area contributed by atoms with Crippen LogP contribution >= 0.6 is 0 Å². The van der Waals surface area contributed by atoms with Crippen LogP contribution in [0.2, 0.25) is 0 Å². The highest BCUT2D eigenvalue weighted by Crippen LogP contribution is 2.24. The Morgan fingerprint density at radius 2 is 2.07 bits per heavy atom. The number of amides is 1. The highest BCUT2D eigenvalue weighted by molar-refractivity contribution is 5.94. The van der Waals surface area contributed by atoms with Crippen LogP contribution in [0.4, 0.5) is 5.82 Å². The van der Waals surface area contributed by atoms with E-state index in [0.717, 1.165) is 48.0 Å². The second-order valence-electron chi connectivity index (χ2n) is 6.93. The maximum atomic E-state index is 12.5. The molecule has 0 bridgehead atoms. The van der Waals surface area contributed by atoms with E-state index in [1.807, 2.05) is 49.4 Å². The molecule has 5 heteroatoms. The zero-order chi connectivity index (χ0) is 19.2. The van der Waals surface area contributed by atoms with E-state index >= 15 is 0 Å². The van der Waals surface area contributed by atoms with E-state index in [1.165, 1.54) is 0 Å². The number of rotatable bonds is 5. The molecule has 2 aromatic rings. The van der Waals surface area contributed by atoms with Gasteiger partial charge in [0.2, 0.25) is 5.91 Å². The van der Waals surface area contributed by atoms with Crippen LogP contribution in [0.5, 0.6) is 0 Å². The molecule has 2 heterocycles. The van der Waals surface area contributed by atoms with Crippen LogP contribution in [-0.2, 0) is 4.79 Å². The van der Waals surface area contributed by atoms with Crippen molar-refractivity contribution in [3.8, 4) is 0 Å². The van der Waals surface area contributed by atoms with E-state index in [9.17, 15) is 4.79 Å². The fraction of sp³-hybridized carbons (Fsp3) is 0.318. The summed E-state index contributed by atoms with van der Waals surface area (Å²) in [4.78, 5) is 23.3. The van der Waals surface area contributed by atoms with Gasteiger partial charge in [0, 0.05) is 23.1 Å². The van der Waals surface area contributed by atoms with E-state index in [0.29, 0.717) is 5.82 Å². The minimum Gasteiger partial charge on any atom is -0.310 e. The Morgan fingerprint density at radius 1 is 1.30 bits per heavy atom. The first-order valence-electron chi connectivity index (χ1n) is 9.30. The predicted molar refractivity (Wildman–Crippen MR) is 113 cm³/mol. The summed E-state index contributed by atoms with van der Waals surface area (Å²) < 4.78 is 0. The zero-order valence-electron chi connectivity index (χ0n) is 16.0. The third kappa shape index (κ3) is 4.68. The van der Waals surface area contributed by atoms with Crippen molar-refractivity contribution in [2.24, 2.45) is 10.9 Å². The van der Waals surface area contributed by atoms with E-state index in [4.69, 9.17) is 0 Å². The van der Waals surface area contributed by atoms with Crippen molar-refractivity contribution in [1.82, 2.24) is 9.88 Å². The monoisotopic (exact) mass is 362 g/mol. The van der Waals surface area contributed by atoms with Gasteiger partial charge in [0.25, 0.3) is 0 Å². The van der Waals surface area contributed by atoms with Gasteiger partial charge in [-0.1, -0.05) is 24.3 Å². The fourth-order valence-corrected chi connectivity index (χ4v) is 3.30. The number of aliphatic imine (C=N–C) groups is 1. The van der Waals surface area contributed by atoms with Gasteiger partial charge in [0.1, 0.15) is 5.82 Å². The number of benzene rings is 1. The molecule has 3 rings (SSSR count). The number of nitrogens with zero attached hydrogens (tertiary/aromatic N) is 3. The number of hydrogen-bond acceptors (Lipinski definition) is 4. The van der Waals surface area contributed by atoms with Gasteiger partial charge < -0.3 is 10.2 Å². The lowest BCUT2D eigenvalue weighted by atomic mass is 9.96. The van der Waals surface area contributed by atoms with Crippen LogP contribution < -0.4 is 5.32 Å². The summed E-state index contributed by atoms with van der Waals surface area (Å²) in [6.45, 7) is 7.54. The Bertz CT molecular complexity index is 892. The van der Waals surface area contributed by atoms with Gasteiger partial charge in [-0.05, 0) is 70.2 Å². The van der Waals surface area contributed by atoms with Crippen molar-refractivity contribution < 1.29 is 4.79 Å². The first-order chi connectivity index (χ1) is 13.1. The molecule has 1 aliphatic heterocycles. The summed E-state index contributed by atoms with van der Waals surface area (Å²) in [5.41, 5.74) is 1.79. The average molecular weight is 362 g/mol. The summed E-state index contributed by atoms with van der Waals surface area (Å²) in [5, 5.41) is 5.01. The Hall–Kier alpha value is -2.79. The van der Waals surface area contributed by atoms with E-state index in [-0.39, 0.29) is 11.8 Å². The van der Waals surface area contributed by atoms with Crippen molar-refractivity contribution in [2.75, 3.05) is 25.5 Å². The van der Waals surface area contributed by atoms with Crippen molar-refractivity contribution in [1.29, 1.82) is 0 Å². The molecule has 0 radical (unpaired) electrons.